The van der Waals surface area contributed by atoms with Crippen LogP contribution in [0.3, 0.4) is 0 Å². The Kier molecular flexibility index (Phi) is 3.20. The maximum absolute atomic E-state index is 3.69. The van der Waals surface area contributed by atoms with Crippen LogP contribution in [0.1, 0.15) is 46.4 Å². The first-order chi connectivity index (χ1) is 4.91. The Bertz CT molecular complexity index is 116. The lowest BCUT2D eigenvalue weighted by molar-refractivity contribution is -0.00000255. The highest BCUT2D eigenvalue weighted by molar-refractivity contribution is 4.94. The molecule has 1 heterocycles. The molecule has 66 valence electrons. The summed E-state index contributed by atoms with van der Waals surface area (Å²) in [5.74, 6) is 0. The van der Waals surface area contributed by atoms with Gasteiger partial charge in [-0.1, -0.05) is 19.3 Å². The Morgan fingerprint density at radius 2 is 1.45 bits per heavy atom. The second-order valence-electron chi connectivity index (χ2n) is 3.87. The average molecular weight is 176 g/mol. The standard InChI is InChI=1S/C9H17N.ClH/c1-2-6-9(5-1)7-3-4-8-10-9;/h10H,1-8H2;1H. The summed E-state index contributed by atoms with van der Waals surface area (Å²) in [6.07, 6.45) is 10.2. The van der Waals surface area contributed by atoms with Gasteiger partial charge in [0.25, 0.3) is 0 Å². The monoisotopic (exact) mass is 175 g/mol. The zero-order valence-corrected chi connectivity index (χ0v) is 7.79. The van der Waals surface area contributed by atoms with Gasteiger partial charge in [-0.05, 0) is 32.2 Å². The molecule has 0 aromatic rings. The van der Waals surface area contributed by atoms with E-state index in [9.17, 15) is 0 Å². The van der Waals surface area contributed by atoms with Crippen LogP contribution >= 0.6 is 0 Å². The summed E-state index contributed by atoms with van der Waals surface area (Å²) in [4.78, 5) is 0. The van der Waals surface area contributed by atoms with Crippen molar-refractivity contribution >= 4 is 0 Å². The number of rotatable bonds is 0. The van der Waals surface area contributed by atoms with E-state index >= 15 is 0 Å². The fourth-order valence-electron chi connectivity index (χ4n) is 2.51. The van der Waals surface area contributed by atoms with Crippen LogP contribution in [0.2, 0.25) is 0 Å². The highest BCUT2D eigenvalue weighted by atomic mass is 35.5. The molecule has 2 heteroatoms. The summed E-state index contributed by atoms with van der Waals surface area (Å²) >= 11 is 0. The molecule has 1 spiro atoms. The predicted molar refractivity (Wildman–Crippen MR) is 44.2 cm³/mol. The van der Waals surface area contributed by atoms with Gasteiger partial charge in [0, 0.05) is 5.54 Å². The van der Waals surface area contributed by atoms with E-state index < -0.39 is 0 Å². The quantitative estimate of drug-likeness (QED) is 0.508. The zero-order chi connectivity index (χ0) is 6.86. The van der Waals surface area contributed by atoms with Gasteiger partial charge in [-0.3, -0.25) is 0 Å². The van der Waals surface area contributed by atoms with Crippen molar-refractivity contribution < 1.29 is 13.8 Å². The summed E-state index contributed by atoms with van der Waals surface area (Å²) in [5, 5.41) is 3.69. The molecule has 2 fully saturated rings. The van der Waals surface area contributed by atoms with Crippen molar-refractivity contribution in [3.8, 4) is 0 Å². The summed E-state index contributed by atoms with van der Waals surface area (Å²) in [5.41, 5.74) is 0.623. The minimum Gasteiger partial charge on any atom is -1.00 e. The predicted octanol–water partition coefficient (Wildman–Crippen LogP) is -0.811. The molecule has 1 N–H and O–H groups in total. The molecule has 0 amide bonds. The van der Waals surface area contributed by atoms with E-state index in [1.165, 1.54) is 51.5 Å². The molecule has 1 saturated carbocycles. The Hall–Kier alpha value is 0.250. The van der Waals surface area contributed by atoms with Crippen molar-refractivity contribution in [2.75, 3.05) is 6.54 Å². The maximum Gasteiger partial charge on any atom is 1.00 e. The van der Waals surface area contributed by atoms with E-state index in [4.69, 9.17) is 0 Å². The molecule has 0 bridgehead atoms. The van der Waals surface area contributed by atoms with Crippen LogP contribution in [0, 0.1) is 0 Å². The van der Waals surface area contributed by atoms with Crippen molar-refractivity contribution in [2.24, 2.45) is 0 Å². The van der Waals surface area contributed by atoms with Gasteiger partial charge in [-0.15, -0.1) is 0 Å². The molecular formula is C9H18ClN. The molecule has 2 aliphatic rings. The summed E-state index contributed by atoms with van der Waals surface area (Å²) < 4.78 is 0. The number of hydrogen-bond acceptors (Lipinski definition) is 1. The van der Waals surface area contributed by atoms with E-state index in [1.54, 1.807) is 0 Å². The third-order valence-corrected chi connectivity index (χ3v) is 3.14. The Balaban J connectivity index is 0.000000605. The topological polar surface area (TPSA) is 12.0 Å². The van der Waals surface area contributed by atoms with Crippen molar-refractivity contribution in [2.45, 2.75) is 50.5 Å². The number of halogens is 1. The molecule has 1 saturated heterocycles. The Morgan fingerprint density at radius 1 is 0.909 bits per heavy atom. The lowest BCUT2D eigenvalue weighted by Gasteiger charge is -2.34. The van der Waals surface area contributed by atoms with Gasteiger partial charge in [0.2, 0.25) is 0 Å². The molecule has 0 radical (unpaired) electrons. The smallest absolute Gasteiger partial charge is 1.00 e. The van der Waals surface area contributed by atoms with Gasteiger partial charge < -0.3 is 17.7 Å². The average Bonchev–Trinajstić information content (AvgIpc) is 2.39. The van der Waals surface area contributed by atoms with Gasteiger partial charge in [-0.2, -0.15) is 0 Å². The molecule has 1 aliphatic carbocycles. The van der Waals surface area contributed by atoms with Gasteiger partial charge >= 0.3 is 1.43 Å². The van der Waals surface area contributed by atoms with E-state index in [0.717, 1.165) is 0 Å². The molecule has 1 aliphatic heterocycles. The zero-order valence-electron chi connectivity index (χ0n) is 8.03. The molecule has 0 aromatic heterocycles. The first-order valence-electron chi connectivity index (χ1n) is 4.66. The van der Waals surface area contributed by atoms with Crippen molar-refractivity contribution in [3.05, 3.63) is 0 Å². The van der Waals surface area contributed by atoms with Crippen LogP contribution in [-0.4, -0.2) is 12.1 Å². The molecule has 1 nitrogen and oxygen atoms in total. The molecule has 11 heavy (non-hydrogen) atoms. The maximum atomic E-state index is 3.69. The lowest BCUT2D eigenvalue weighted by atomic mass is 9.88. The second-order valence-corrected chi connectivity index (χ2v) is 3.87. The fraction of sp³-hybridized carbons (Fsp3) is 1.00. The lowest BCUT2D eigenvalue weighted by Crippen LogP contribution is -3.00. The normalized spacial score (nSPS) is 28.4. The minimum absolute atomic E-state index is 0. The molecular weight excluding hydrogens is 158 g/mol. The Morgan fingerprint density at radius 3 is 1.91 bits per heavy atom. The number of nitrogens with one attached hydrogen (secondary N) is 1. The third-order valence-electron chi connectivity index (χ3n) is 3.14. The SMILES string of the molecule is C1CCC2(CCCC2)NC1.[Cl-].[H+]. The number of hydrogen-bond donors (Lipinski definition) is 1. The van der Waals surface area contributed by atoms with Crippen molar-refractivity contribution in [3.63, 3.8) is 0 Å². The van der Waals surface area contributed by atoms with Crippen LogP contribution in [-0.2, 0) is 0 Å². The van der Waals surface area contributed by atoms with E-state index in [2.05, 4.69) is 5.32 Å². The van der Waals surface area contributed by atoms with Gasteiger partial charge in [0.15, 0.2) is 0 Å². The molecule has 2 rings (SSSR count). The highest BCUT2D eigenvalue weighted by Crippen LogP contribution is 2.35. The summed E-state index contributed by atoms with van der Waals surface area (Å²) in [7, 11) is 0. The summed E-state index contributed by atoms with van der Waals surface area (Å²) in [6.45, 7) is 1.28. The highest BCUT2D eigenvalue weighted by Gasteiger charge is 2.33. The molecule has 0 atom stereocenters. The van der Waals surface area contributed by atoms with Gasteiger partial charge in [0.05, 0.1) is 0 Å². The number of piperidine rings is 1. The van der Waals surface area contributed by atoms with Crippen LogP contribution in [0.25, 0.3) is 0 Å². The van der Waals surface area contributed by atoms with E-state index in [1.807, 2.05) is 0 Å². The second kappa shape index (κ2) is 3.77. The van der Waals surface area contributed by atoms with Crippen LogP contribution in [0.15, 0.2) is 0 Å². The van der Waals surface area contributed by atoms with E-state index in [0.29, 0.717) is 5.54 Å². The minimum atomic E-state index is 0. The van der Waals surface area contributed by atoms with Gasteiger partial charge in [-0.25, -0.2) is 0 Å². The Labute approximate surface area is 76.8 Å². The summed E-state index contributed by atoms with van der Waals surface area (Å²) in [6, 6.07) is 0. The van der Waals surface area contributed by atoms with Crippen molar-refractivity contribution in [1.82, 2.24) is 5.32 Å². The first-order valence-corrected chi connectivity index (χ1v) is 4.66. The molecule has 0 aromatic carbocycles. The van der Waals surface area contributed by atoms with Crippen LogP contribution in [0.5, 0.6) is 0 Å². The third kappa shape index (κ3) is 1.88. The van der Waals surface area contributed by atoms with Crippen LogP contribution < -0.4 is 17.7 Å². The van der Waals surface area contributed by atoms with Crippen molar-refractivity contribution in [1.29, 1.82) is 0 Å². The fourth-order valence-corrected chi connectivity index (χ4v) is 2.51. The largest absolute Gasteiger partial charge is 1.00 e. The van der Waals surface area contributed by atoms with Gasteiger partial charge in [0.1, 0.15) is 0 Å². The first kappa shape index (κ1) is 9.34. The molecule has 0 unspecified atom stereocenters. The van der Waals surface area contributed by atoms with E-state index in [-0.39, 0.29) is 13.8 Å². The van der Waals surface area contributed by atoms with Crippen LogP contribution in [0.4, 0.5) is 0 Å².